The minimum Gasteiger partial charge on any atom is -0.493 e. The number of hydrogen-bond donors (Lipinski definition) is 1. The summed E-state index contributed by atoms with van der Waals surface area (Å²) in [4.78, 5) is 12.3. The van der Waals surface area contributed by atoms with Crippen molar-refractivity contribution < 1.29 is 23.0 Å². The van der Waals surface area contributed by atoms with Gasteiger partial charge in [-0.3, -0.25) is 4.79 Å². The van der Waals surface area contributed by atoms with Gasteiger partial charge in [-0.2, -0.15) is 8.78 Å². The number of methoxy groups -OCH3 is 1. The molecule has 0 saturated heterocycles. The zero-order valence-corrected chi connectivity index (χ0v) is 14.7. The lowest BCUT2D eigenvalue weighted by atomic mass is 10.1. The molecule has 0 heterocycles. The van der Waals surface area contributed by atoms with E-state index in [1.54, 1.807) is 18.2 Å². The molecule has 8 heteroatoms. The van der Waals surface area contributed by atoms with Crippen LogP contribution in [-0.4, -0.2) is 26.2 Å². The van der Waals surface area contributed by atoms with Crippen molar-refractivity contribution in [2.45, 2.75) is 13.0 Å². The first-order valence-corrected chi connectivity index (χ1v) is 8.02. The highest BCUT2D eigenvalue weighted by molar-refractivity contribution is 6.42. The van der Waals surface area contributed by atoms with E-state index in [0.717, 1.165) is 5.56 Å². The second kappa shape index (κ2) is 8.87. The van der Waals surface area contributed by atoms with E-state index in [9.17, 15) is 13.6 Å². The van der Waals surface area contributed by atoms with Crippen LogP contribution in [0.4, 0.5) is 8.78 Å². The van der Waals surface area contributed by atoms with Gasteiger partial charge in [0.2, 0.25) is 0 Å². The second-order valence-corrected chi connectivity index (χ2v) is 5.72. The second-order valence-electron chi connectivity index (χ2n) is 4.93. The summed E-state index contributed by atoms with van der Waals surface area (Å²) in [6.07, 6.45) is 0.431. The molecule has 0 radical (unpaired) electrons. The van der Waals surface area contributed by atoms with Crippen LogP contribution < -0.4 is 14.8 Å². The molecule has 0 aliphatic carbocycles. The molecule has 0 aliphatic heterocycles. The van der Waals surface area contributed by atoms with Gasteiger partial charge in [-0.15, -0.1) is 0 Å². The predicted molar refractivity (Wildman–Crippen MR) is 92.1 cm³/mol. The number of benzene rings is 2. The molecule has 0 saturated carbocycles. The van der Waals surface area contributed by atoms with Crippen molar-refractivity contribution in [2.75, 3.05) is 13.7 Å². The molecule has 0 aromatic heterocycles. The van der Waals surface area contributed by atoms with E-state index < -0.39 is 12.5 Å². The topological polar surface area (TPSA) is 47.6 Å². The number of carbonyl (C=O) groups is 1. The van der Waals surface area contributed by atoms with E-state index in [1.165, 1.54) is 25.3 Å². The van der Waals surface area contributed by atoms with Crippen LogP contribution >= 0.6 is 23.2 Å². The molecule has 1 N–H and O–H groups in total. The van der Waals surface area contributed by atoms with E-state index in [0.29, 0.717) is 16.5 Å². The van der Waals surface area contributed by atoms with Gasteiger partial charge < -0.3 is 14.8 Å². The molecule has 0 spiro atoms. The SMILES string of the molecule is COc1cccc(C(=O)NCCc2cccc(Cl)c2Cl)c1OC(F)F. The van der Waals surface area contributed by atoms with Crippen molar-refractivity contribution >= 4 is 29.1 Å². The standard InChI is InChI=1S/C17H15Cl2F2NO3/c1-24-13-7-3-5-11(15(13)25-17(20)21)16(23)22-9-8-10-4-2-6-12(18)14(10)19/h2-7,17H,8-9H2,1H3,(H,22,23). The van der Waals surface area contributed by atoms with Crippen LogP contribution in [0.1, 0.15) is 15.9 Å². The first-order chi connectivity index (χ1) is 11.9. The van der Waals surface area contributed by atoms with Crippen molar-refractivity contribution in [1.29, 1.82) is 0 Å². The van der Waals surface area contributed by atoms with E-state index in [2.05, 4.69) is 10.1 Å². The Labute approximate surface area is 153 Å². The van der Waals surface area contributed by atoms with Crippen molar-refractivity contribution in [3.63, 3.8) is 0 Å². The fourth-order valence-corrected chi connectivity index (χ4v) is 2.63. The van der Waals surface area contributed by atoms with Gasteiger partial charge in [-0.25, -0.2) is 0 Å². The Balaban J connectivity index is 2.09. The van der Waals surface area contributed by atoms with Gasteiger partial charge in [0.25, 0.3) is 5.91 Å². The van der Waals surface area contributed by atoms with Crippen LogP contribution in [0.25, 0.3) is 0 Å². The van der Waals surface area contributed by atoms with Gasteiger partial charge in [0.05, 0.1) is 22.7 Å². The molecule has 1 amide bonds. The Morgan fingerprint density at radius 1 is 1.20 bits per heavy atom. The lowest BCUT2D eigenvalue weighted by Crippen LogP contribution is -2.26. The monoisotopic (exact) mass is 389 g/mol. The van der Waals surface area contributed by atoms with Crippen LogP contribution in [0, 0.1) is 0 Å². The van der Waals surface area contributed by atoms with Gasteiger partial charge in [0.15, 0.2) is 11.5 Å². The number of para-hydroxylation sites is 1. The van der Waals surface area contributed by atoms with Gasteiger partial charge in [-0.05, 0) is 30.2 Å². The minimum absolute atomic E-state index is 0.0446. The first-order valence-electron chi connectivity index (χ1n) is 7.27. The van der Waals surface area contributed by atoms with E-state index in [4.69, 9.17) is 27.9 Å². The lowest BCUT2D eigenvalue weighted by molar-refractivity contribution is -0.0515. The Morgan fingerprint density at radius 3 is 2.60 bits per heavy atom. The summed E-state index contributed by atoms with van der Waals surface area (Å²) in [5.74, 6) is -0.822. The molecule has 4 nitrogen and oxygen atoms in total. The number of amides is 1. The van der Waals surface area contributed by atoms with E-state index in [-0.39, 0.29) is 23.6 Å². The van der Waals surface area contributed by atoms with Gasteiger partial charge in [0.1, 0.15) is 0 Å². The maximum Gasteiger partial charge on any atom is 0.387 e. The molecule has 25 heavy (non-hydrogen) atoms. The number of nitrogens with one attached hydrogen (secondary N) is 1. The molecule has 0 unspecified atom stereocenters. The average Bonchev–Trinajstić information content (AvgIpc) is 2.58. The van der Waals surface area contributed by atoms with Gasteiger partial charge in [-0.1, -0.05) is 41.4 Å². The molecule has 134 valence electrons. The van der Waals surface area contributed by atoms with Crippen molar-refractivity contribution in [2.24, 2.45) is 0 Å². The van der Waals surface area contributed by atoms with Crippen molar-refractivity contribution in [3.8, 4) is 11.5 Å². The highest BCUT2D eigenvalue weighted by Crippen LogP contribution is 2.32. The zero-order chi connectivity index (χ0) is 18.4. The number of rotatable bonds is 7. The fraction of sp³-hybridized carbons (Fsp3) is 0.235. The Bertz CT molecular complexity index is 757. The van der Waals surface area contributed by atoms with Crippen LogP contribution in [0.15, 0.2) is 36.4 Å². The number of carbonyl (C=O) groups excluding carboxylic acids is 1. The summed E-state index contributed by atoms with van der Waals surface area (Å²) in [6.45, 7) is -2.84. The van der Waals surface area contributed by atoms with Crippen LogP contribution in [-0.2, 0) is 6.42 Å². The van der Waals surface area contributed by atoms with Crippen molar-refractivity contribution in [1.82, 2.24) is 5.32 Å². The number of ether oxygens (including phenoxy) is 2. The van der Waals surface area contributed by atoms with Crippen molar-refractivity contribution in [3.05, 3.63) is 57.6 Å². The van der Waals surface area contributed by atoms with E-state index >= 15 is 0 Å². The molecular weight excluding hydrogens is 375 g/mol. The third-order valence-electron chi connectivity index (χ3n) is 3.36. The Hall–Kier alpha value is -2.05. The third-order valence-corrected chi connectivity index (χ3v) is 4.22. The predicted octanol–water partition coefficient (Wildman–Crippen LogP) is 4.58. The smallest absolute Gasteiger partial charge is 0.387 e. The highest BCUT2D eigenvalue weighted by Gasteiger charge is 2.20. The molecular formula is C17H15Cl2F2NO3. The summed E-state index contributed by atoms with van der Waals surface area (Å²) in [6, 6.07) is 9.53. The maximum atomic E-state index is 12.6. The number of hydrogen-bond acceptors (Lipinski definition) is 3. The largest absolute Gasteiger partial charge is 0.493 e. The normalized spacial score (nSPS) is 10.6. The lowest BCUT2D eigenvalue weighted by Gasteiger charge is -2.14. The Morgan fingerprint density at radius 2 is 1.92 bits per heavy atom. The quantitative estimate of drug-likeness (QED) is 0.753. The fourth-order valence-electron chi connectivity index (χ4n) is 2.21. The van der Waals surface area contributed by atoms with Crippen LogP contribution in [0.3, 0.4) is 0 Å². The first kappa shape index (κ1) is 19.3. The molecule has 2 aromatic carbocycles. The third kappa shape index (κ3) is 4.96. The Kier molecular flexibility index (Phi) is 6.84. The molecule has 0 bridgehead atoms. The zero-order valence-electron chi connectivity index (χ0n) is 13.2. The summed E-state index contributed by atoms with van der Waals surface area (Å²) >= 11 is 12.0. The number of alkyl halides is 2. The maximum absolute atomic E-state index is 12.6. The van der Waals surface area contributed by atoms with Crippen LogP contribution in [0.2, 0.25) is 10.0 Å². The number of halogens is 4. The average molecular weight is 390 g/mol. The summed E-state index contributed by atoms with van der Waals surface area (Å²) in [5.41, 5.74) is 0.723. The molecule has 0 aliphatic rings. The molecule has 0 fully saturated rings. The van der Waals surface area contributed by atoms with Gasteiger partial charge in [0, 0.05) is 6.54 Å². The molecule has 2 aromatic rings. The minimum atomic E-state index is -3.08. The van der Waals surface area contributed by atoms with Gasteiger partial charge >= 0.3 is 6.61 Å². The van der Waals surface area contributed by atoms with Crippen LogP contribution in [0.5, 0.6) is 11.5 Å². The highest BCUT2D eigenvalue weighted by atomic mass is 35.5. The summed E-state index contributed by atoms with van der Waals surface area (Å²) < 4.78 is 34.6. The molecule has 0 atom stereocenters. The molecule has 2 rings (SSSR count). The summed E-state index contributed by atoms with van der Waals surface area (Å²) in [5, 5.41) is 3.48. The summed E-state index contributed by atoms with van der Waals surface area (Å²) in [7, 11) is 1.30. The van der Waals surface area contributed by atoms with E-state index in [1.807, 2.05) is 0 Å².